The number of carbonyl (C=O) groups is 1. The SMILES string of the molecule is O=C(c1ccc(F)c(F)c1Nc1ccc(I)cc1F)N1CC(O)(CNC2CCCCC2O)C1. The minimum absolute atomic E-state index is 0.00201. The molecule has 1 heterocycles. The van der Waals surface area contributed by atoms with Crippen molar-refractivity contribution in [1.82, 2.24) is 10.2 Å². The smallest absolute Gasteiger partial charge is 0.256 e. The number of likely N-dealkylation sites (tertiary alicyclic amines) is 1. The first-order valence-corrected chi connectivity index (χ1v) is 11.9. The number of nitrogens with zero attached hydrogens (tertiary/aromatic N) is 1. The molecule has 4 rings (SSSR count). The quantitative estimate of drug-likeness (QED) is 0.397. The molecule has 2 fully saturated rings. The second-order valence-corrected chi connectivity index (χ2v) is 10.0. The summed E-state index contributed by atoms with van der Waals surface area (Å²) in [5.41, 5.74) is -1.89. The van der Waals surface area contributed by atoms with E-state index in [-0.39, 0.29) is 36.9 Å². The van der Waals surface area contributed by atoms with Crippen molar-refractivity contribution < 1.29 is 28.2 Å². The molecule has 1 aliphatic heterocycles. The van der Waals surface area contributed by atoms with Crippen LogP contribution in [0, 0.1) is 21.0 Å². The Morgan fingerprint density at radius 2 is 1.85 bits per heavy atom. The van der Waals surface area contributed by atoms with E-state index in [1.165, 1.54) is 17.0 Å². The van der Waals surface area contributed by atoms with Crippen LogP contribution in [0.2, 0.25) is 0 Å². The molecule has 33 heavy (non-hydrogen) atoms. The molecule has 4 N–H and O–H groups in total. The van der Waals surface area contributed by atoms with E-state index >= 15 is 0 Å². The normalized spacial score (nSPS) is 22.1. The van der Waals surface area contributed by atoms with E-state index in [1.54, 1.807) is 6.07 Å². The van der Waals surface area contributed by atoms with Gasteiger partial charge >= 0.3 is 0 Å². The average molecular weight is 575 g/mol. The second-order valence-electron chi connectivity index (χ2n) is 8.76. The highest BCUT2D eigenvalue weighted by atomic mass is 127. The van der Waals surface area contributed by atoms with Crippen LogP contribution in [0.25, 0.3) is 0 Å². The summed E-state index contributed by atoms with van der Waals surface area (Å²) in [6.45, 7) is 0.200. The third-order valence-corrected chi connectivity index (χ3v) is 6.87. The van der Waals surface area contributed by atoms with Crippen molar-refractivity contribution in [3.63, 3.8) is 0 Å². The van der Waals surface area contributed by atoms with Gasteiger partial charge in [-0.25, -0.2) is 13.2 Å². The zero-order chi connectivity index (χ0) is 23.8. The Labute approximate surface area is 203 Å². The lowest BCUT2D eigenvalue weighted by molar-refractivity contribution is -0.0824. The Bertz CT molecular complexity index is 1050. The van der Waals surface area contributed by atoms with Gasteiger partial charge in [0.2, 0.25) is 0 Å². The minimum atomic E-state index is -1.29. The van der Waals surface area contributed by atoms with Crippen molar-refractivity contribution in [3.05, 3.63) is 56.9 Å². The van der Waals surface area contributed by atoms with Gasteiger partial charge in [-0.3, -0.25) is 4.79 Å². The molecule has 2 unspecified atom stereocenters. The predicted octanol–water partition coefficient (Wildman–Crippen LogP) is 3.53. The van der Waals surface area contributed by atoms with Crippen LogP contribution in [-0.2, 0) is 0 Å². The van der Waals surface area contributed by atoms with E-state index in [9.17, 15) is 28.2 Å². The molecule has 0 radical (unpaired) electrons. The minimum Gasteiger partial charge on any atom is -0.392 e. The average Bonchev–Trinajstić information content (AvgIpc) is 2.76. The van der Waals surface area contributed by atoms with Gasteiger partial charge in [0, 0.05) is 16.2 Å². The molecule has 10 heteroatoms. The van der Waals surface area contributed by atoms with Gasteiger partial charge in [-0.1, -0.05) is 12.8 Å². The molecule has 178 valence electrons. The first kappa shape index (κ1) is 24.2. The second kappa shape index (κ2) is 9.77. The highest BCUT2D eigenvalue weighted by molar-refractivity contribution is 14.1. The van der Waals surface area contributed by atoms with E-state index in [4.69, 9.17) is 0 Å². The van der Waals surface area contributed by atoms with Crippen molar-refractivity contribution >= 4 is 39.9 Å². The Morgan fingerprint density at radius 3 is 2.55 bits per heavy atom. The topological polar surface area (TPSA) is 84.8 Å². The van der Waals surface area contributed by atoms with E-state index in [0.29, 0.717) is 9.99 Å². The number of aliphatic hydroxyl groups excluding tert-OH is 1. The molecule has 1 aliphatic carbocycles. The van der Waals surface area contributed by atoms with Gasteiger partial charge in [-0.2, -0.15) is 0 Å². The first-order chi connectivity index (χ1) is 15.7. The van der Waals surface area contributed by atoms with Crippen LogP contribution >= 0.6 is 22.6 Å². The number of hydrogen-bond donors (Lipinski definition) is 4. The molecule has 6 nitrogen and oxygen atoms in total. The van der Waals surface area contributed by atoms with E-state index in [1.807, 2.05) is 22.6 Å². The summed E-state index contributed by atoms with van der Waals surface area (Å²) in [6, 6.07) is 6.09. The van der Waals surface area contributed by atoms with Gasteiger partial charge < -0.3 is 25.7 Å². The number of aliphatic hydroxyl groups is 2. The summed E-state index contributed by atoms with van der Waals surface area (Å²) in [5.74, 6) is -3.74. The number of β-amino-alcohol motifs (C(OH)–C–C–N with tert-alkyl or cyclic N) is 1. The molecular weight excluding hydrogens is 550 g/mol. The molecular formula is C23H25F3IN3O3. The van der Waals surface area contributed by atoms with E-state index in [2.05, 4.69) is 10.6 Å². The number of amides is 1. The summed E-state index contributed by atoms with van der Waals surface area (Å²) in [5, 5.41) is 26.5. The number of carbonyl (C=O) groups excluding carboxylic acids is 1. The fraction of sp³-hybridized carbons (Fsp3) is 0.435. The lowest BCUT2D eigenvalue weighted by atomic mass is 9.89. The molecule has 1 saturated carbocycles. The highest BCUT2D eigenvalue weighted by Crippen LogP contribution is 2.32. The fourth-order valence-electron chi connectivity index (χ4n) is 4.34. The van der Waals surface area contributed by atoms with Crippen molar-refractivity contribution in [1.29, 1.82) is 0 Å². The number of hydrogen-bond acceptors (Lipinski definition) is 5. The van der Waals surface area contributed by atoms with E-state index < -0.39 is 40.8 Å². The third-order valence-electron chi connectivity index (χ3n) is 6.20. The van der Waals surface area contributed by atoms with Gasteiger partial charge in [0.1, 0.15) is 11.4 Å². The zero-order valence-electron chi connectivity index (χ0n) is 17.8. The molecule has 0 bridgehead atoms. The zero-order valence-corrected chi connectivity index (χ0v) is 19.9. The van der Waals surface area contributed by atoms with Crippen LogP contribution in [0.4, 0.5) is 24.5 Å². The summed E-state index contributed by atoms with van der Waals surface area (Å²) >= 11 is 1.92. The predicted molar refractivity (Wildman–Crippen MR) is 126 cm³/mol. The van der Waals surface area contributed by atoms with Gasteiger partial charge in [-0.15, -0.1) is 0 Å². The first-order valence-electron chi connectivity index (χ1n) is 10.8. The summed E-state index contributed by atoms with van der Waals surface area (Å²) < 4.78 is 43.4. The molecule has 1 saturated heterocycles. The van der Waals surface area contributed by atoms with Crippen LogP contribution in [0.3, 0.4) is 0 Å². The third kappa shape index (κ3) is 5.28. The van der Waals surface area contributed by atoms with Crippen molar-refractivity contribution in [2.45, 2.75) is 43.4 Å². The van der Waals surface area contributed by atoms with Gasteiger partial charge in [0.25, 0.3) is 5.91 Å². The van der Waals surface area contributed by atoms with Crippen LogP contribution in [-0.4, -0.2) is 58.4 Å². The largest absolute Gasteiger partial charge is 0.392 e. The Morgan fingerprint density at radius 1 is 1.12 bits per heavy atom. The van der Waals surface area contributed by atoms with Crippen LogP contribution in [0.5, 0.6) is 0 Å². The number of rotatable bonds is 6. The van der Waals surface area contributed by atoms with Crippen molar-refractivity contribution in [3.8, 4) is 0 Å². The highest BCUT2D eigenvalue weighted by Gasteiger charge is 2.45. The molecule has 2 aromatic rings. The van der Waals surface area contributed by atoms with Crippen LogP contribution in [0.1, 0.15) is 36.0 Å². The monoisotopic (exact) mass is 575 g/mol. The lowest BCUT2D eigenvalue weighted by Crippen LogP contribution is -2.68. The Hall–Kier alpha value is -1.89. The number of nitrogens with one attached hydrogen (secondary N) is 2. The maximum atomic E-state index is 14.6. The molecule has 0 aromatic heterocycles. The van der Waals surface area contributed by atoms with Crippen molar-refractivity contribution in [2.24, 2.45) is 0 Å². The lowest BCUT2D eigenvalue weighted by Gasteiger charge is -2.47. The van der Waals surface area contributed by atoms with Crippen LogP contribution < -0.4 is 10.6 Å². The summed E-state index contributed by atoms with van der Waals surface area (Å²) in [7, 11) is 0. The van der Waals surface area contributed by atoms with Gasteiger partial charge in [-0.05, 0) is 65.8 Å². The van der Waals surface area contributed by atoms with Crippen LogP contribution in [0.15, 0.2) is 30.3 Å². The van der Waals surface area contributed by atoms with Gasteiger partial charge in [0.15, 0.2) is 11.6 Å². The molecule has 2 aromatic carbocycles. The molecule has 0 spiro atoms. The molecule has 1 amide bonds. The number of halogens is 4. The summed E-state index contributed by atoms with van der Waals surface area (Å²) in [6.07, 6.45) is 3.05. The summed E-state index contributed by atoms with van der Waals surface area (Å²) in [4.78, 5) is 14.3. The number of anilines is 2. The fourth-order valence-corrected chi connectivity index (χ4v) is 4.79. The number of benzene rings is 2. The molecule has 2 aliphatic rings. The Balaban J connectivity index is 1.46. The maximum Gasteiger partial charge on any atom is 0.256 e. The standard InChI is InChI=1S/C23H25F3IN3O3/c24-15-7-6-14(21(20(15)26)29-17-8-5-13(27)9-16(17)25)22(32)30-11-23(33,12-30)10-28-18-3-1-2-4-19(18)31/h5-9,18-19,28-29,31,33H,1-4,10-12H2. The molecule has 2 atom stereocenters. The van der Waals surface area contributed by atoms with Crippen molar-refractivity contribution in [2.75, 3.05) is 25.0 Å². The maximum absolute atomic E-state index is 14.6. The van der Waals surface area contributed by atoms with E-state index in [0.717, 1.165) is 31.4 Å². The van der Waals surface area contributed by atoms with Gasteiger partial charge in [0.05, 0.1) is 36.1 Å². The Kier molecular flexibility index (Phi) is 7.18.